The molecule has 0 aromatic heterocycles. The molecule has 0 radical (unpaired) electrons. The molecule has 1 aliphatic rings. The van der Waals surface area contributed by atoms with Crippen molar-refractivity contribution in [1.29, 1.82) is 0 Å². The van der Waals surface area contributed by atoms with Crippen LogP contribution >= 0.6 is 11.6 Å². The first kappa shape index (κ1) is 9.04. The Bertz CT molecular complexity index is 316. The van der Waals surface area contributed by atoms with Crippen LogP contribution in [0.4, 0.5) is 0 Å². The third kappa shape index (κ3) is 1.87. The Hall–Kier alpha value is -0.530. The van der Waals surface area contributed by atoms with Gasteiger partial charge in [-0.1, -0.05) is 23.7 Å². The first-order valence-corrected chi connectivity index (χ1v) is 5.11. The van der Waals surface area contributed by atoms with Gasteiger partial charge < -0.3 is 5.73 Å². The molecule has 70 valence electrons. The Kier molecular flexibility index (Phi) is 2.31. The summed E-state index contributed by atoms with van der Waals surface area (Å²) in [7, 11) is 0. The van der Waals surface area contributed by atoms with Crippen LogP contribution in [0.25, 0.3) is 0 Å². The molecule has 1 aliphatic carbocycles. The summed E-state index contributed by atoms with van der Waals surface area (Å²) in [6.45, 7) is 1.97. The molecule has 1 nitrogen and oxygen atoms in total. The second-order valence-corrected chi connectivity index (χ2v) is 4.25. The second-order valence-electron chi connectivity index (χ2n) is 3.84. The second kappa shape index (κ2) is 3.32. The third-order valence-corrected chi connectivity index (χ3v) is 2.89. The molecule has 0 amide bonds. The molecule has 2 heteroatoms. The lowest BCUT2D eigenvalue weighted by molar-refractivity contribution is 0.817. The van der Waals surface area contributed by atoms with Gasteiger partial charge in [-0.2, -0.15) is 0 Å². The predicted molar refractivity (Wildman–Crippen MR) is 56.0 cm³/mol. The van der Waals surface area contributed by atoms with Crippen molar-refractivity contribution < 1.29 is 0 Å². The van der Waals surface area contributed by atoms with E-state index in [1.54, 1.807) is 0 Å². The van der Waals surface area contributed by atoms with Gasteiger partial charge in [0.15, 0.2) is 0 Å². The van der Waals surface area contributed by atoms with Gasteiger partial charge >= 0.3 is 0 Å². The summed E-state index contributed by atoms with van der Waals surface area (Å²) in [6, 6.07) is 6.29. The Balaban J connectivity index is 2.31. The van der Waals surface area contributed by atoms with E-state index in [0.29, 0.717) is 0 Å². The fourth-order valence-electron chi connectivity index (χ4n) is 1.55. The molecular formula is C11H14ClN. The summed E-state index contributed by atoms with van der Waals surface area (Å²) in [5, 5.41) is 0.886. The molecule has 1 atom stereocenters. The van der Waals surface area contributed by atoms with E-state index >= 15 is 0 Å². The standard InChI is InChI=1S/C11H14ClN/c1-7(13)9-4-5-10(8-2-3-8)11(12)6-9/h4-8H,2-3,13H2,1H3. The van der Waals surface area contributed by atoms with E-state index in [0.717, 1.165) is 16.5 Å². The van der Waals surface area contributed by atoms with Gasteiger partial charge in [-0.3, -0.25) is 0 Å². The van der Waals surface area contributed by atoms with Crippen molar-refractivity contribution in [2.45, 2.75) is 31.7 Å². The van der Waals surface area contributed by atoms with Crippen molar-refractivity contribution in [3.63, 3.8) is 0 Å². The molecule has 0 spiro atoms. The van der Waals surface area contributed by atoms with Gasteiger partial charge in [0.1, 0.15) is 0 Å². The molecule has 13 heavy (non-hydrogen) atoms. The van der Waals surface area contributed by atoms with E-state index in [4.69, 9.17) is 17.3 Å². The zero-order valence-electron chi connectivity index (χ0n) is 7.76. The van der Waals surface area contributed by atoms with Gasteiger partial charge in [-0.25, -0.2) is 0 Å². The number of hydrogen-bond acceptors (Lipinski definition) is 1. The van der Waals surface area contributed by atoms with E-state index in [1.807, 2.05) is 13.0 Å². The van der Waals surface area contributed by atoms with Crippen molar-refractivity contribution in [3.8, 4) is 0 Å². The van der Waals surface area contributed by atoms with E-state index in [1.165, 1.54) is 18.4 Å². The molecule has 1 saturated carbocycles. The van der Waals surface area contributed by atoms with Crippen molar-refractivity contribution in [1.82, 2.24) is 0 Å². The molecule has 0 saturated heterocycles. The summed E-state index contributed by atoms with van der Waals surface area (Å²) in [4.78, 5) is 0. The Morgan fingerprint density at radius 2 is 2.15 bits per heavy atom. The first-order chi connectivity index (χ1) is 6.18. The van der Waals surface area contributed by atoms with E-state index < -0.39 is 0 Å². The maximum atomic E-state index is 6.15. The molecule has 1 aromatic carbocycles. The van der Waals surface area contributed by atoms with E-state index in [9.17, 15) is 0 Å². The lowest BCUT2D eigenvalue weighted by atomic mass is 10.0. The van der Waals surface area contributed by atoms with Crippen molar-refractivity contribution in [2.75, 3.05) is 0 Å². The minimum Gasteiger partial charge on any atom is -0.324 e. The fraction of sp³-hybridized carbons (Fsp3) is 0.455. The zero-order chi connectivity index (χ0) is 9.42. The van der Waals surface area contributed by atoms with Crippen LogP contribution in [0.5, 0.6) is 0 Å². The number of rotatable bonds is 2. The summed E-state index contributed by atoms with van der Waals surface area (Å²) in [6.07, 6.45) is 2.58. The Morgan fingerprint density at radius 3 is 2.62 bits per heavy atom. The summed E-state index contributed by atoms with van der Waals surface area (Å²) < 4.78 is 0. The summed E-state index contributed by atoms with van der Waals surface area (Å²) >= 11 is 6.15. The van der Waals surface area contributed by atoms with Crippen LogP contribution in [0, 0.1) is 0 Å². The SMILES string of the molecule is CC(N)c1ccc(C2CC2)c(Cl)c1. The van der Waals surface area contributed by atoms with Crippen LogP contribution in [0.15, 0.2) is 18.2 Å². The Morgan fingerprint density at radius 1 is 1.46 bits per heavy atom. The predicted octanol–water partition coefficient (Wildman–Crippen LogP) is 3.24. The normalized spacial score (nSPS) is 18.7. The van der Waals surface area contributed by atoms with Crippen LogP contribution in [-0.4, -0.2) is 0 Å². The van der Waals surface area contributed by atoms with Crippen molar-refractivity contribution in [3.05, 3.63) is 34.3 Å². The van der Waals surface area contributed by atoms with Crippen LogP contribution < -0.4 is 5.73 Å². The van der Waals surface area contributed by atoms with Crippen LogP contribution in [0.2, 0.25) is 5.02 Å². The molecule has 1 unspecified atom stereocenters. The van der Waals surface area contributed by atoms with Gasteiger partial charge in [0.25, 0.3) is 0 Å². The van der Waals surface area contributed by atoms with Crippen LogP contribution in [-0.2, 0) is 0 Å². The van der Waals surface area contributed by atoms with Crippen molar-refractivity contribution in [2.24, 2.45) is 5.73 Å². The first-order valence-electron chi connectivity index (χ1n) is 4.73. The Labute approximate surface area is 83.9 Å². The highest BCUT2D eigenvalue weighted by molar-refractivity contribution is 6.31. The molecule has 1 aromatic rings. The maximum absolute atomic E-state index is 6.15. The number of nitrogens with two attached hydrogens (primary N) is 1. The quantitative estimate of drug-likeness (QED) is 0.771. The van der Waals surface area contributed by atoms with E-state index in [-0.39, 0.29) is 6.04 Å². The lowest BCUT2D eigenvalue weighted by Gasteiger charge is -2.08. The molecule has 2 rings (SSSR count). The van der Waals surface area contributed by atoms with E-state index in [2.05, 4.69) is 12.1 Å². The summed E-state index contributed by atoms with van der Waals surface area (Å²) in [5.41, 5.74) is 8.18. The average molecular weight is 196 g/mol. The zero-order valence-corrected chi connectivity index (χ0v) is 8.51. The number of hydrogen-bond donors (Lipinski definition) is 1. The number of halogens is 1. The lowest BCUT2D eigenvalue weighted by Crippen LogP contribution is -2.04. The van der Waals surface area contributed by atoms with Crippen LogP contribution in [0.3, 0.4) is 0 Å². The monoisotopic (exact) mass is 195 g/mol. The molecule has 1 fully saturated rings. The highest BCUT2D eigenvalue weighted by Crippen LogP contribution is 2.43. The molecular weight excluding hydrogens is 182 g/mol. The maximum Gasteiger partial charge on any atom is 0.0444 e. The van der Waals surface area contributed by atoms with Gasteiger partial charge in [-0.05, 0) is 42.9 Å². The minimum absolute atomic E-state index is 0.0748. The molecule has 0 bridgehead atoms. The third-order valence-electron chi connectivity index (χ3n) is 2.57. The molecule has 2 N–H and O–H groups in total. The largest absolute Gasteiger partial charge is 0.324 e. The minimum atomic E-state index is 0.0748. The van der Waals surface area contributed by atoms with Gasteiger partial charge in [0.2, 0.25) is 0 Å². The van der Waals surface area contributed by atoms with Gasteiger partial charge in [-0.15, -0.1) is 0 Å². The molecule has 0 heterocycles. The summed E-state index contributed by atoms with van der Waals surface area (Å²) in [5.74, 6) is 0.717. The highest BCUT2D eigenvalue weighted by Gasteiger charge is 2.25. The number of benzene rings is 1. The smallest absolute Gasteiger partial charge is 0.0444 e. The average Bonchev–Trinajstić information content (AvgIpc) is 2.87. The van der Waals surface area contributed by atoms with Gasteiger partial charge in [0.05, 0.1) is 0 Å². The fourth-order valence-corrected chi connectivity index (χ4v) is 1.90. The molecule has 0 aliphatic heterocycles. The van der Waals surface area contributed by atoms with Gasteiger partial charge in [0, 0.05) is 11.1 Å². The van der Waals surface area contributed by atoms with Crippen molar-refractivity contribution >= 4 is 11.6 Å². The topological polar surface area (TPSA) is 26.0 Å². The highest BCUT2D eigenvalue weighted by atomic mass is 35.5. The van der Waals surface area contributed by atoms with Crippen LogP contribution in [0.1, 0.15) is 42.9 Å².